The molecule has 0 unspecified atom stereocenters. The lowest BCUT2D eigenvalue weighted by Gasteiger charge is -2.17. The molecule has 0 aliphatic rings. The van der Waals surface area contributed by atoms with Crippen LogP contribution in [0.2, 0.25) is 0 Å². The van der Waals surface area contributed by atoms with Gasteiger partial charge in [0.25, 0.3) is 0 Å². The number of nitrogens with one attached hydrogen (secondary N) is 1. The molecule has 0 spiro atoms. The van der Waals surface area contributed by atoms with E-state index < -0.39 is 24.9 Å². The van der Waals surface area contributed by atoms with Gasteiger partial charge in [0, 0.05) is 0 Å². The van der Waals surface area contributed by atoms with E-state index in [0.29, 0.717) is 0 Å². The van der Waals surface area contributed by atoms with E-state index in [9.17, 15) is 22.4 Å². The maximum atomic E-state index is 12.8. The molecule has 0 fully saturated rings. The van der Waals surface area contributed by atoms with Crippen LogP contribution in [0.5, 0.6) is 0 Å². The molecule has 3 N–H and O–H groups in total. The highest BCUT2D eigenvalue weighted by Gasteiger charge is 2.40. The molecule has 0 radical (unpaired) electrons. The van der Waals surface area contributed by atoms with Crippen LogP contribution < -0.4 is 11.1 Å². The van der Waals surface area contributed by atoms with Crippen LogP contribution in [0.3, 0.4) is 0 Å². The molecule has 106 valence electrons. The minimum absolute atomic E-state index is 0.0356. The number of methoxy groups -OCH3 is 1. The van der Waals surface area contributed by atoms with Gasteiger partial charge in [-0.15, -0.1) is 0 Å². The van der Waals surface area contributed by atoms with E-state index in [2.05, 4.69) is 9.72 Å². The van der Waals surface area contributed by atoms with Crippen molar-refractivity contribution < 1.29 is 27.1 Å². The van der Waals surface area contributed by atoms with E-state index in [0.717, 1.165) is 19.4 Å². The molecule has 5 nitrogen and oxygen atoms in total. The maximum absolute atomic E-state index is 12.8. The summed E-state index contributed by atoms with van der Waals surface area (Å²) in [5.74, 6) is -5.11. The lowest BCUT2D eigenvalue weighted by Crippen LogP contribution is -2.35. The molecule has 0 atom stereocenters. The van der Waals surface area contributed by atoms with Crippen molar-refractivity contribution in [3.8, 4) is 0 Å². The van der Waals surface area contributed by atoms with Gasteiger partial charge in [0.2, 0.25) is 0 Å². The Morgan fingerprint density at radius 3 is 2.74 bits per heavy atom. The van der Waals surface area contributed by atoms with Crippen molar-refractivity contribution in [1.29, 1.82) is 0 Å². The molecule has 19 heavy (non-hydrogen) atoms. The predicted molar refractivity (Wildman–Crippen MR) is 59.4 cm³/mol. The number of hydrogen-bond acceptors (Lipinski definition) is 5. The molecule has 0 saturated carbocycles. The summed E-state index contributed by atoms with van der Waals surface area (Å²) in [6, 6.07) is 1.09. The summed E-state index contributed by atoms with van der Waals surface area (Å²) in [4.78, 5) is 14.9. The summed E-state index contributed by atoms with van der Waals surface area (Å²) < 4.78 is 53.9. The third-order valence-corrected chi connectivity index (χ3v) is 2.16. The number of rotatable bonds is 5. The molecular weight excluding hydrogens is 270 g/mol. The van der Waals surface area contributed by atoms with Crippen molar-refractivity contribution >= 4 is 17.5 Å². The smallest absolute Gasteiger partial charge is 0.340 e. The van der Waals surface area contributed by atoms with Gasteiger partial charge < -0.3 is 15.8 Å². The summed E-state index contributed by atoms with van der Waals surface area (Å²) in [7, 11) is 1.08. The molecule has 1 aromatic rings. The van der Waals surface area contributed by atoms with Gasteiger partial charge in [0.15, 0.2) is 0 Å². The molecular formula is C10H11F4N3O2. The number of nitrogen functional groups attached to an aromatic ring is 1. The van der Waals surface area contributed by atoms with Crippen molar-refractivity contribution in [3.63, 3.8) is 0 Å². The second-order valence-corrected chi connectivity index (χ2v) is 3.56. The van der Waals surface area contributed by atoms with Crippen LogP contribution in [-0.4, -0.2) is 37.0 Å². The molecule has 0 amide bonds. The molecule has 9 heteroatoms. The predicted octanol–water partition coefficient (Wildman–Crippen LogP) is 1.76. The van der Waals surface area contributed by atoms with Gasteiger partial charge in [-0.05, 0) is 6.07 Å². The first-order valence-corrected chi connectivity index (χ1v) is 5.01. The summed E-state index contributed by atoms with van der Waals surface area (Å²) in [6.45, 7) is -1.35. The van der Waals surface area contributed by atoms with Crippen LogP contribution in [0.4, 0.5) is 29.1 Å². The van der Waals surface area contributed by atoms with E-state index in [1.165, 1.54) is 0 Å². The zero-order valence-electron chi connectivity index (χ0n) is 9.79. The summed E-state index contributed by atoms with van der Waals surface area (Å²) >= 11 is 0. The largest absolute Gasteiger partial charge is 0.465 e. The Hall–Kier alpha value is -2.06. The Labute approximate surface area is 105 Å². The molecule has 1 heterocycles. The second kappa shape index (κ2) is 5.72. The van der Waals surface area contributed by atoms with Crippen molar-refractivity contribution in [2.45, 2.75) is 12.3 Å². The standard InChI is InChI=1S/C10H11F4N3O2/c1-19-8(18)5-2-7(15)16-3-6(5)17-4-10(13,14)9(11)12/h2-3,9,17H,4H2,1H3,(H2,15,16). The zero-order valence-corrected chi connectivity index (χ0v) is 9.79. The molecule has 0 aromatic carbocycles. The highest BCUT2D eigenvalue weighted by molar-refractivity contribution is 5.96. The number of nitrogens with two attached hydrogens (primary N) is 1. The Balaban J connectivity index is 2.92. The van der Waals surface area contributed by atoms with Gasteiger partial charge in [-0.3, -0.25) is 0 Å². The van der Waals surface area contributed by atoms with Gasteiger partial charge >= 0.3 is 18.3 Å². The van der Waals surface area contributed by atoms with Crippen molar-refractivity contribution in [1.82, 2.24) is 4.98 Å². The Morgan fingerprint density at radius 2 is 2.21 bits per heavy atom. The van der Waals surface area contributed by atoms with Gasteiger partial charge in [-0.1, -0.05) is 0 Å². The fourth-order valence-electron chi connectivity index (χ4n) is 1.18. The molecule has 1 aromatic heterocycles. The van der Waals surface area contributed by atoms with Gasteiger partial charge in [-0.25, -0.2) is 18.6 Å². The lowest BCUT2D eigenvalue weighted by molar-refractivity contribution is -0.117. The molecule has 0 aliphatic carbocycles. The van der Waals surface area contributed by atoms with E-state index >= 15 is 0 Å². The average molecular weight is 281 g/mol. The SMILES string of the molecule is COC(=O)c1cc(N)ncc1NCC(F)(F)C(F)F. The minimum Gasteiger partial charge on any atom is -0.465 e. The number of carbonyl (C=O) groups is 1. The van der Waals surface area contributed by atoms with Crippen LogP contribution >= 0.6 is 0 Å². The van der Waals surface area contributed by atoms with Gasteiger partial charge in [0.1, 0.15) is 5.82 Å². The van der Waals surface area contributed by atoms with Crippen LogP contribution in [0.25, 0.3) is 0 Å². The third-order valence-electron chi connectivity index (χ3n) is 2.16. The monoisotopic (exact) mass is 281 g/mol. The number of alkyl halides is 4. The van der Waals surface area contributed by atoms with Gasteiger partial charge in [0.05, 0.1) is 31.1 Å². The first kappa shape index (κ1) is 15.0. The minimum atomic E-state index is -4.23. The Kier molecular flexibility index (Phi) is 4.52. The van der Waals surface area contributed by atoms with Crippen LogP contribution in [0.15, 0.2) is 12.3 Å². The first-order chi connectivity index (χ1) is 8.77. The van der Waals surface area contributed by atoms with Crippen molar-refractivity contribution in [2.75, 3.05) is 24.7 Å². The first-order valence-electron chi connectivity index (χ1n) is 5.01. The van der Waals surface area contributed by atoms with E-state index in [-0.39, 0.29) is 17.1 Å². The van der Waals surface area contributed by atoms with E-state index in [1.807, 2.05) is 5.32 Å². The topological polar surface area (TPSA) is 77.2 Å². The summed E-state index contributed by atoms with van der Waals surface area (Å²) in [5.41, 5.74) is 5.00. The lowest BCUT2D eigenvalue weighted by atomic mass is 10.2. The molecule has 0 aliphatic heterocycles. The molecule has 1 rings (SSSR count). The van der Waals surface area contributed by atoms with E-state index in [4.69, 9.17) is 5.73 Å². The fraction of sp³-hybridized carbons (Fsp3) is 0.400. The van der Waals surface area contributed by atoms with E-state index in [1.54, 1.807) is 0 Å². The van der Waals surface area contributed by atoms with Crippen molar-refractivity contribution in [3.05, 3.63) is 17.8 Å². The summed E-state index contributed by atoms with van der Waals surface area (Å²) in [5, 5.41) is 2.03. The maximum Gasteiger partial charge on any atom is 0.340 e. The summed E-state index contributed by atoms with van der Waals surface area (Å²) in [6.07, 6.45) is -2.83. The highest BCUT2D eigenvalue weighted by atomic mass is 19.3. The Bertz CT molecular complexity index is 468. The number of ether oxygens (including phenoxy) is 1. The molecule has 0 bridgehead atoms. The zero-order chi connectivity index (χ0) is 14.6. The highest BCUT2D eigenvalue weighted by Crippen LogP contribution is 2.25. The number of hydrogen-bond donors (Lipinski definition) is 2. The fourth-order valence-corrected chi connectivity index (χ4v) is 1.18. The third kappa shape index (κ3) is 3.70. The number of carbonyl (C=O) groups excluding carboxylic acids is 1. The number of nitrogens with zero attached hydrogens (tertiary/aromatic N) is 1. The van der Waals surface area contributed by atoms with Crippen LogP contribution in [0, 0.1) is 0 Å². The number of pyridine rings is 1. The Morgan fingerprint density at radius 1 is 1.58 bits per heavy atom. The van der Waals surface area contributed by atoms with Gasteiger partial charge in [-0.2, -0.15) is 8.78 Å². The number of esters is 1. The number of anilines is 2. The normalized spacial score (nSPS) is 11.5. The second-order valence-electron chi connectivity index (χ2n) is 3.56. The van der Waals surface area contributed by atoms with Crippen LogP contribution in [-0.2, 0) is 4.74 Å². The van der Waals surface area contributed by atoms with Crippen LogP contribution in [0.1, 0.15) is 10.4 Å². The van der Waals surface area contributed by atoms with Crippen molar-refractivity contribution in [2.24, 2.45) is 0 Å². The number of aromatic nitrogens is 1. The molecule has 0 saturated heterocycles. The quantitative estimate of drug-likeness (QED) is 0.635. The average Bonchev–Trinajstić information content (AvgIpc) is 2.36. The number of halogens is 4.